The van der Waals surface area contributed by atoms with Gasteiger partial charge in [-0.1, -0.05) is 6.92 Å². The Balaban J connectivity index is 2.62. The monoisotopic (exact) mass is 171 g/mol. The normalized spacial score (nSPS) is 16.3. The van der Waals surface area contributed by atoms with E-state index in [1.165, 1.54) is 0 Å². The molecule has 0 aromatic carbocycles. The number of aliphatic hydroxyl groups is 1. The molecule has 0 bridgehead atoms. The maximum atomic E-state index is 9.38. The van der Waals surface area contributed by atoms with Crippen molar-refractivity contribution in [1.29, 1.82) is 0 Å². The molecule has 3 N–H and O–H groups in total. The summed E-state index contributed by atoms with van der Waals surface area (Å²) < 4.78 is 0. The molecule has 0 amide bonds. The van der Waals surface area contributed by atoms with E-state index in [4.69, 9.17) is 5.73 Å². The van der Waals surface area contributed by atoms with Gasteiger partial charge in [-0.05, 0) is 28.8 Å². The van der Waals surface area contributed by atoms with Crippen molar-refractivity contribution in [3.63, 3.8) is 0 Å². The first-order chi connectivity index (χ1) is 5.25. The molecule has 1 heterocycles. The van der Waals surface area contributed by atoms with Crippen molar-refractivity contribution < 1.29 is 5.11 Å². The average Bonchev–Trinajstić information content (AvgIpc) is 2.53. The van der Waals surface area contributed by atoms with Crippen molar-refractivity contribution >= 4 is 11.3 Å². The molecule has 1 rings (SSSR count). The predicted octanol–water partition coefficient (Wildman–Crippen LogP) is 1.52. The second-order valence-electron chi connectivity index (χ2n) is 2.56. The van der Waals surface area contributed by atoms with Crippen molar-refractivity contribution in [3.05, 3.63) is 22.4 Å². The number of rotatable bonds is 3. The molecule has 1 aromatic rings. The van der Waals surface area contributed by atoms with E-state index in [1.54, 1.807) is 11.3 Å². The number of hydrogen-bond donors (Lipinski definition) is 2. The standard InChI is InChI=1S/C8H13NOS/c1-2-7(10)8(9)6-3-4-11-5-6/h3-5,7-8,10H,2,9H2,1H3/t7-,8+/m1/s1. The zero-order valence-electron chi connectivity index (χ0n) is 6.53. The van der Waals surface area contributed by atoms with Crippen molar-refractivity contribution in [3.8, 4) is 0 Å². The van der Waals surface area contributed by atoms with Crippen molar-refractivity contribution in [1.82, 2.24) is 0 Å². The molecule has 0 saturated carbocycles. The Bertz CT molecular complexity index is 198. The van der Waals surface area contributed by atoms with Gasteiger partial charge >= 0.3 is 0 Å². The highest BCUT2D eigenvalue weighted by Gasteiger charge is 2.14. The van der Waals surface area contributed by atoms with Gasteiger partial charge in [0.1, 0.15) is 0 Å². The predicted molar refractivity (Wildman–Crippen MR) is 47.5 cm³/mol. The fraction of sp³-hybridized carbons (Fsp3) is 0.500. The molecule has 0 fully saturated rings. The highest BCUT2D eigenvalue weighted by atomic mass is 32.1. The van der Waals surface area contributed by atoms with Crippen LogP contribution in [0.4, 0.5) is 0 Å². The lowest BCUT2D eigenvalue weighted by Gasteiger charge is -2.15. The molecule has 0 aliphatic heterocycles. The summed E-state index contributed by atoms with van der Waals surface area (Å²) in [6.07, 6.45) is 0.293. The third kappa shape index (κ3) is 2.02. The quantitative estimate of drug-likeness (QED) is 0.724. The molecule has 3 heteroatoms. The Kier molecular flexibility index (Phi) is 3.05. The minimum absolute atomic E-state index is 0.216. The Hall–Kier alpha value is -0.380. The lowest BCUT2D eigenvalue weighted by atomic mass is 10.0. The summed E-state index contributed by atoms with van der Waals surface area (Å²) in [6, 6.07) is 1.74. The van der Waals surface area contributed by atoms with E-state index in [-0.39, 0.29) is 6.04 Å². The zero-order chi connectivity index (χ0) is 8.27. The number of aliphatic hydroxyl groups excluding tert-OH is 1. The molecular weight excluding hydrogens is 158 g/mol. The smallest absolute Gasteiger partial charge is 0.0730 e. The van der Waals surface area contributed by atoms with Crippen LogP contribution in [0.25, 0.3) is 0 Å². The maximum Gasteiger partial charge on any atom is 0.0730 e. The van der Waals surface area contributed by atoms with E-state index < -0.39 is 6.10 Å². The highest BCUT2D eigenvalue weighted by Crippen LogP contribution is 2.18. The van der Waals surface area contributed by atoms with E-state index >= 15 is 0 Å². The molecule has 0 spiro atoms. The minimum Gasteiger partial charge on any atom is -0.391 e. The van der Waals surface area contributed by atoms with Gasteiger partial charge in [0.25, 0.3) is 0 Å². The van der Waals surface area contributed by atoms with Crippen LogP contribution in [-0.4, -0.2) is 11.2 Å². The van der Waals surface area contributed by atoms with E-state index in [0.717, 1.165) is 5.56 Å². The van der Waals surface area contributed by atoms with Gasteiger partial charge in [0.15, 0.2) is 0 Å². The highest BCUT2D eigenvalue weighted by molar-refractivity contribution is 7.07. The van der Waals surface area contributed by atoms with Crippen LogP contribution in [0.2, 0.25) is 0 Å². The first-order valence-corrected chi connectivity index (χ1v) is 4.65. The Morgan fingerprint density at radius 2 is 2.45 bits per heavy atom. The van der Waals surface area contributed by atoms with Crippen LogP contribution in [0.5, 0.6) is 0 Å². The number of hydrogen-bond acceptors (Lipinski definition) is 3. The summed E-state index contributed by atoms with van der Waals surface area (Å²) in [5.41, 5.74) is 6.78. The van der Waals surface area contributed by atoms with Crippen LogP contribution in [0.15, 0.2) is 16.8 Å². The van der Waals surface area contributed by atoms with Gasteiger partial charge in [-0.3, -0.25) is 0 Å². The summed E-state index contributed by atoms with van der Waals surface area (Å²) in [5.74, 6) is 0. The Labute approximate surface area is 70.7 Å². The molecule has 0 unspecified atom stereocenters. The molecule has 2 nitrogen and oxygen atoms in total. The largest absolute Gasteiger partial charge is 0.391 e. The van der Waals surface area contributed by atoms with E-state index in [1.807, 2.05) is 23.8 Å². The first kappa shape index (κ1) is 8.71. The van der Waals surface area contributed by atoms with Gasteiger partial charge in [-0.15, -0.1) is 0 Å². The maximum absolute atomic E-state index is 9.38. The molecule has 1 aromatic heterocycles. The third-order valence-electron chi connectivity index (χ3n) is 1.76. The average molecular weight is 171 g/mol. The fourth-order valence-electron chi connectivity index (χ4n) is 0.941. The van der Waals surface area contributed by atoms with Gasteiger partial charge in [0.2, 0.25) is 0 Å². The molecule has 62 valence electrons. The fourth-order valence-corrected chi connectivity index (χ4v) is 1.65. The first-order valence-electron chi connectivity index (χ1n) is 3.71. The summed E-state index contributed by atoms with van der Waals surface area (Å²) in [6.45, 7) is 1.93. The van der Waals surface area contributed by atoms with Gasteiger partial charge in [-0.2, -0.15) is 11.3 Å². The summed E-state index contributed by atoms with van der Waals surface area (Å²) in [4.78, 5) is 0. The van der Waals surface area contributed by atoms with Crippen LogP contribution in [0, 0.1) is 0 Å². The molecule has 11 heavy (non-hydrogen) atoms. The van der Waals surface area contributed by atoms with Crippen molar-refractivity contribution in [2.45, 2.75) is 25.5 Å². The van der Waals surface area contributed by atoms with Crippen LogP contribution in [0.3, 0.4) is 0 Å². The van der Waals surface area contributed by atoms with Crippen molar-refractivity contribution in [2.24, 2.45) is 5.73 Å². The second-order valence-corrected chi connectivity index (χ2v) is 3.34. The number of nitrogens with two attached hydrogens (primary N) is 1. The lowest BCUT2D eigenvalue weighted by Crippen LogP contribution is -2.24. The van der Waals surface area contributed by atoms with Crippen molar-refractivity contribution in [2.75, 3.05) is 0 Å². The van der Waals surface area contributed by atoms with Crippen LogP contribution in [-0.2, 0) is 0 Å². The lowest BCUT2D eigenvalue weighted by molar-refractivity contribution is 0.141. The Morgan fingerprint density at radius 1 is 1.73 bits per heavy atom. The van der Waals surface area contributed by atoms with Crippen LogP contribution >= 0.6 is 11.3 Å². The van der Waals surface area contributed by atoms with Gasteiger partial charge in [0.05, 0.1) is 12.1 Å². The number of thiophene rings is 1. The summed E-state index contributed by atoms with van der Waals surface area (Å²) in [5, 5.41) is 13.3. The third-order valence-corrected chi connectivity index (χ3v) is 2.46. The Morgan fingerprint density at radius 3 is 2.91 bits per heavy atom. The molecular formula is C8H13NOS. The summed E-state index contributed by atoms with van der Waals surface area (Å²) in [7, 11) is 0. The molecule has 0 saturated heterocycles. The van der Waals surface area contributed by atoms with Gasteiger partial charge in [-0.25, -0.2) is 0 Å². The van der Waals surface area contributed by atoms with Gasteiger partial charge in [0, 0.05) is 0 Å². The van der Waals surface area contributed by atoms with E-state index in [9.17, 15) is 5.11 Å². The molecule has 0 aliphatic rings. The van der Waals surface area contributed by atoms with Crippen LogP contribution in [0.1, 0.15) is 24.9 Å². The van der Waals surface area contributed by atoms with Crippen LogP contribution < -0.4 is 5.73 Å². The SMILES string of the molecule is CC[C@@H](O)[C@@H](N)c1ccsc1. The summed E-state index contributed by atoms with van der Waals surface area (Å²) >= 11 is 1.60. The van der Waals surface area contributed by atoms with Gasteiger partial charge < -0.3 is 10.8 Å². The van der Waals surface area contributed by atoms with E-state index in [0.29, 0.717) is 6.42 Å². The minimum atomic E-state index is -0.412. The topological polar surface area (TPSA) is 46.2 Å². The zero-order valence-corrected chi connectivity index (χ0v) is 7.34. The molecule has 2 atom stereocenters. The van der Waals surface area contributed by atoms with E-state index in [2.05, 4.69) is 0 Å². The molecule has 0 aliphatic carbocycles. The second kappa shape index (κ2) is 3.85. The molecule has 0 radical (unpaired) electrons.